The molecule has 1 rings (SSSR count). The molecule has 0 fully saturated rings. The third-order valence-electron chi connectivity index (χ3n) is 2.65. The summed E-state index contributed by atoms with van der Waals surface area (Å²) in [7, 11) is 0. The van der Waals surface area contributed by atoms with Crippen molar-refractivity contribution in [1.82, 2.24) is 20.3 Å². The highest BCUT2D eigenvalue weighted by atomic mass is 16.3. The fourth-order valence-corrected chi connectivity index (χ4v) is 1.45. The second-order valence-corrected chi connectivity index (χ2v) is 4.98. The Bertz CT molecular complexity index is 389. The molecule has 1 amide bonds. The number of nitrogens with one attached hydrogen (secondary N) is 1. The molecule has 0 unspecified atom stereocenters. The van der Waals surface area contributed by atoms with E-state index in [1.165, 1.54) is 4.68 Å². The molecule has 1 aromatic heterocycles. The Labute approximate surface area is 106 Å². The molecule has 0 radical (unpaired) electrons. The Morgan fingerprint density at radius 2 is 2.33 bits per heavy atom. The summed E-state index contributed by atoms with van der Waals surface area (Å²) in [6.07, 6.45) is 2.20. The number of amides is 1. The number of rotatable bonds is 7. The number of aliphatic hydroxyl groups is 1. The molecule has 4 N–H and O–H groups in total. The molecule has 1 heterocycles. The zero-order valence-electron chi connectivity index (χ0n) is 10.9. The van der Waals surface area contributed by atoms with Crippen LogP contribution in [0.2, 0.25) is 0 Å². The third kappa shape index (κ3) is 4.42. The summed E-state index contributed by atoms with van der Waals surface area (Å²) in [6.45, 7) is 5.54. The largest absolute Gasteiger partial charge is 0.396 e. The molecule has 0 saturated carbocycles. The number of hydrogen-bond acceptors (Lipinski definition) is 5. The van der Waals surface area contributed by atoms with Crippen molar-refractivity contribution in [2.24, 2.45) is 11.1 Å². The van der Waals surface area contributed by atoms with Gasteiger partial charge >= 0.3 is 0 Å². The van der Waals surface area contributed by atoms with Gasteiger partial charge in [-0.3, -0.25) is 9.48 Å². The maximum absolute atomic E-state index is 11.8. The molecule has 0 aliphatic rings. The van der Waals surface area contributed by atoms with Gasteiger partial charge in [-0.25, -0.2) is 0 Å². The second-order valence-electron chi connectivity index (χ2n) is 4.98. The van der Waals surface area contributed by atoms with Crippen LogP contribution in [0.5, 0.6) is 0 Å². The summed E-state index contributed by atoms with van der Waals surface area (Å²) >= 11 is 0. The summed E-state index contributed by atoms with van der Waals surface area (Å²) in [5.74, 6) is -0.260. The topological polar surface area (TPSA) is 106 Å². The lowest BCUT2D eigenvalue weighted by atomic mass is 9.90. The lowest BCUT2D eigenvalue weighted by Crippen LogP contribution is -2.34. The molecule has 0 spiro atoms. The molecule has 0 atom stereocenters. The van der Waals surface area contributed by atoms with Crippen LogP contribution >= 0.6 is 0 Å². The minimum absolute atomic E-state index is 0.107. The molecule has 18 heavy (non-hydrogen) atoms. The predicted octanol–water partition coefficient (Wildman–Crippen LogP) is -0.625. The van der Waals surface area contributed by atoms with E-state index in [0.717, 1.165) is 0 Å². The number of aromatic nitrogens is 3. The first-order valence-corrected chi connectivity index (χ1v) is 5.98. The fraction of sp³-hybridized carbons (Fsp3) is 0.727. The zero-order chi connectivity index (χ0) is 13.6. The summed E-state index contributed by atoms with van der Waals surface area (Å²) < 4.78 is 1.54. The maximum Gasteiger partial charge on any atom is 0.273 e. The van der Waals surface area contributed by atoms with Gasteiger partial charge in [-0.15, -0.1) is 5.10 Å². The van der Waals surface area contributed by atoms with Crippen LogP contribution in [0.1, 0.15) is 30.8 Å². The highest BCUT2D eigenvalue weighted by molar-refractivity contribution is 5.91. The Morgan fingerprint density at radius 1 is 1.61 bits per heavy atom. The first-order chi connectivity index (χ1) is 8.48. The molecule has 0 aliphatic heterocycles. The maximum atomic E-state index is 11.8. The van der Waals surface area contributed by atoms with E-state index in [2.05, 4.69) is 15.6 Å². The highest BCUT2D eigenvalue weighted by Crippen LogP contribution is 2.17. The SMILES string of the molecule is CC(C)(CCO)CNC(=O)c1cn(CCN)nn1. The van der Waals surface area contributed by atoms with E-state index >= 15 is 0 Å². The number of nitrogens with two attached hydrogens (primary N) is 1. The fourth-order valence-electron chi connectivity index (χ4n) is 1.45. The van der Waals surface area contributed by atoms with E-state index in [0.29, 0.717) is 26.1 Å². The number of hydrogen-bond donors (Lipinski definition) is 3. The standard InChI is InChI=1S/C11H21N5O2/c1-11(2,3-6-17)8-13-10(18)9-7-16(5-4-12)15-14-9/h7,17H,3-6,8,12H2,1-2H3,(H,13,18). The summed E-state index contributed by atoms with van der Waals surface area (Å²) in [5.41, 5.74) is 5.52. The normalized spacial score (nSPS) is 11.6. The van der Waals surface area contributed by atoms with E-state index in [1.807, 2.05) is 13.8 Å². The van der Waals surface area contributed by atoms with Crippen molar-refractivity contribution < 1.29 is 9.90 Å². The highest BCUT2D eigenvalue weighted by Gasteiger charge is 2.19. The molecular formula is C11H21N5O2. The molecule has 0 aliphatic carbocycles. The summed E-state index contributed by atoms with van der Waals surface area (Å²) in [5, 5.41) is 19.2. The lowest BCUT2D eigenvalue weighted by molar-refractivity contribution is 0.0923. The van der Waals surface area contributed by atoms with Gasteiger partial charge in [0.2, 0.25) is 0 Å². The van der Waals surface area contributed by atoms with Crippen LogP contribution < -0.4 is 11.1 Å². The van der Waals surface area contributed by atoms with Crippen molar-refractivity contribution in [2.75, 3.05) is 19.7 Å². The monoisotopic (exact) mass is 255 g/mol. The number of carbonyl (C=O) groups excluding carboxylic acids is 1. The van der Waals surface area contributed by atoms with E-state index < -0.39 is 0 Å². The minimum Gasteiger partial charge on any atom is -0.396 e. The molecule has 1 aromatic rings. The van der Waals surface area contributed by atoms with Gasteiger partial charge in [0.15, 0.2) is 5.69 Å². The van der Waals surface area contributed by atoms with Gasteiger partial charge in [-0.05, 0) is 11.8 Å². The smallest absolute Gasteiger partial charge is 0.273 e. The van der Waals surface area contributed by atoms with Crippen LogP contribution in [0.25, 0.3) is 0 Å². The van der Waals surface area contributed by atoms with Crippen LogP contribution in [-0.2, 0) is 6.54 Å². The first kappa shape index (κ1) is 14.6. The van der Waals surface area contributed by atoms with Crippen LogP contribution in [0, 0.1) is 5.41 Å². The predicted molar refractivity (Wildman–Crippen MR) is 66.9 cm³/mol. The Kier molecular flexibility index (Phi) is 5.24. The van der Waals surface area contributed by atoms with Crippen molar-refractivity contribution in [1.29, 1.82) is 0 Å². The average Bonchev–Trinajstić information content (AvgIpc) is 2.75. The van der Waals surface area contributed by atoms with Crippen LogP contribution in [0.3, 0.4) is 0 Å². The number of aliphatic hydroxyl groups excluding tert-OH is 1. The molecule has 7 nitrogen and oxygen atoms in total. The Morgan fingerprint density at radius 3 is 2.94 bits per heavy atom. The van der Waals surface area contributed by atoms with Crippen LogP contribution in [0.15, 0.2) is 6.20 Å². The van der Waals surface area contributed by atoms with Gasteiger partial charge in [0.25, 0.3) is 5.91 Å². The molecule has 102 valence electrons. The second kappa shape index (κ2) is 6.46. The number of carbonyl (C=O) groups is 1. The molecular weight excluding hydrogens is 234 g/mol. The lowest BCUT2D eigenvalue weighted by Gasteiger charge is -2.23. The first-order valence-electron chi connectivity index (χ1n) is 5.98. The summed E-state index contributed by atoms with van der Waals surface area (Å²) in [4.78, 5) is 11.8. The van der Waals surface area contributed by atoms with Gasteiger partial charge in [-0.2, -0.15) is 0 Å². The minimum atomic E-state index is -0.260. The van der Waals surface area contributed by atoms with E-state index in [-0.39, 0.29) is 23.6 Å². The van der Waals surface area contributed by atoms with Gasteiger partial charge < -0.3 is 16.2 Å². The van der Waals surface area contributed by atoms with Crippen LogP contribution in [-0.4, -0.2) is 45.7 Å². The molecule has 0 aromatic carbocycles. The van der Waals surface area contributed by atoms with Crippen molar-refractivity contribution in [3.8, 4) is 0 Å². The van der Waals surface area contributed by atoms with Gasteiger partial charge in [0.1, 0.15) is 0 Å². The Hall–Kier alpha value is -1.47. The zero-order valence-corrected chi connectivity index (χ0v) is 10.9. The average molecular weight is 255 g/mol. The third-order valence-corrected chi connectivity index (χ3v) is 2.65. The van der Waals surface area contributed by atoms with Gasteiger partial charge in [-0.1, -0.05) is 19.1 Å². The summed E-state index contributed by atoms with van der Waals surface area (Å²) in [6, 6.07) is 0. The van der Waals surface area contributed by atoms with E-state index in [9.17, 15) is 4.79 Å². The van der Waals surface area contributed by atoms with Gasteiger partial charge in [0, 0.05) is 19.7 Å². The molecule has 0 bridgehead atoms. The Balaban J connectivity index is 2.49. The van der Waals surface area contributed by atoms with Crippen molar-refractivity contribution in [3.05, 3.63) is 11.9 Å². The van der Waals surface area contributed by atoms with Crippen molar-refractivity contribution in [2.45, 2.75) is 26.8 Å². The van der Waals surface area contributed by atoms with Crippen LogP contribution in [0.4, 0.5) is 0 Å². The molecule has 7 heteroatoms. The van der Waals surface area contributed by atoms with Gasteiger partial charge in [0.05, 0.1) is 12.7 Å². The van der Waals surface area contributed by atoms with Crippen molar-refractivity contribution in [3.63, 3.8) is 0 Å². The van der Waals surface area contributed by atoms with E-state index in [1.54, 1.807) is 6.20 Å². The number of nitrogens with zero attached hydrogens (tertiary/aromatic N) is 3. The quantitative estimate of drug-likeness (QED) is 0.602. The molecule has 0 saturated heterocycles. The van der Waals surface area contributed by atoms with Crippen molar-refractivity contribution >= 4 is 5.91 Å². The van der Waals surface area contributed by atoms with E-state index in [4.69, 9.17) is 10.8 Å².